The van der Waals surface area contributed by atoms with Crippen LogP contribution in [-0.2, 0) is 16.1 Å². The van der Waals surface area contributed by atoms with Crippen molar-refractivity contribution in [2.24, 2.45) is 0 Å². The average molecular weight is 251 g/mol. The molecular formula is C14H18FNO2. The highest BCUT2D eigenvalue weighted by Gasteiger charge is 2.54. The van der Waals surface area contributed by atoms with Crippen molar-refractivity contribution in [1.29, 1.82) is 0 Å². The predicted molar refractivity (Wildman–Crippen MR) is 65.3 cm³/mol. The highest BCUT2D eigenvalue weighted by molar-refractivity contribution is 5.15. The molecule has 0 N–H and O–H groups in total. The molecule has 0 aromatic heterocycles. The van der Waals surface area contributed by atoms with E-state index in [2.05, 4.69) is 0 Å². The van der Waals surface area contributed by atoms with Crippen LogP contribution in [0, 0.1) is 0 Å². The number of ether oxygens (including phenoxy) is 1. The number of nitrogens with zero attached hydrogens (tertiary/aromatic N) is 1. The van der Waals surface area contributed by atoms with Crippen LogP contribution in [0.25, 0.3) is 0 Å². The van der Waals surface area contributed by atoms with Gasteiger partial charge in [-0.1, -0.05) is 30.3 Å². The van der Waals surface area contributed by atoms with Gasteiger partial charge in [-0.15, -0.1) is 0 Å². The number of rotatable bonds is 2. The number of benzene rings is 1. The smallest absolute Gasteiger partial charge is 0.179 e. The lowest BCUT2D eigenvalue weighted by molar-refractivity contribution is -0.238. The van der Waals surface area contributed by atoms with E-state index in [1.54, 1.807) is 18.9 Å². The molecule has 0 aliphatic carbocycles. The van der Waals surface area contributed by atoms with Gasteiger partial charge in [0.25, 0.3) is 0 Å². The Morgan fingerprint density at radius 2 is 2.11 bits per heavy atom. The van der Waals surface area contributed by atoms with E-state index in [1.807, 2.05) is 30.3 Å². The van der Waals surface area contributed by atoms with E-state index in [0.29, 0.717) is 13.0 Å². The van der Waals surface area contributed by atoms with Crippen LogP contribution in [0.1, 0.15) is 25.8 Å². The van der Waals surface area contributed by atoms with E-state index in [-0.39, 0.29) is 12.3 Å². The summed E-state index contributed by atoms with van der Waals surface area (Å²) in [7, 11) is 0. The van der Waals surface area contributed by atoms with Crippen LogP contribution < -0.4 is 0 Å². The summed E-state index contributed by atoms with van der Waals surface area (Å²) in [4.78, 5) is 5.67. The van der Waals surface area contributed by atoms with Gasteiger partial charge < -0.3 is 4.74 Å². The lowest BCUT2D eigenvalue weighted by atomic mass is 9.88. The van der Waals surface area contributed by atoms with Crippen molar-refractivity contribution in [2.45, 2.75) is 50.9 Å². The molecule has 0 saturated carbocycles. The predicted octanol–water partition coefficient (Wildman–Crippen LogP) is 2.67. The molecule has 1 aromatic carbocycles. The summed E-state index contributed by atoms with van der Waals surface area (Å²) in [5, 5.41) is 1.74. The molecule has 3 nitrogen and oxygen atoms in total. The van der Waals surface area contributed by atoms with Crippen LogP contribution >= 0.6 is 0 Å². The number of hydrogen-bond donors (Lipinski definition) is 0. The van der Waals surface area contributed by atoms with Gasteiger partial charge in [0.05, 0.1) is 12.1 Å². The Hall–Kier alpha value is -0.970. The molecule has 2 saturated heterocycles. The van der Waals surface area contributed by atoms with Gasteiger partial charge in [-0.3, -0.25) is 4.84 Å². The molecule has 0 spiro atoms. The molecule has 0 amide bonds. The van der Waals surface area contributed by atoms with Crippen molar-refractivity contribution in [3.8, 4) is 0 Å². The number of halogens is 1. The van der Waals surface area contributed by atoms with E-state index in [9.17, 15) is 4.39 Å². The Kier molecular flexibility index (Phi) is 2.88. The minimum absolute atomic E-state index is 0.230. The standard InChI is InChI=1S/C14H18FNO2/c1-10-14(2,15)12-8-13(17-10)18-16(12)9-11-6-4-3-5-7-11/h3-7,10,12-13H,8-9H2,1-2H3/t10-,12+,13-,14+/m1/s1. The van der Waals surface area contributed by atoms with Crippen molar-refractivity contribution in [3.63, 3.8) is 0 Å². The Labute approximate surface area is 106 Å². The van der Waals surface area contributed by atoms with Crippen LogP contribution in [0.4, 0.5) is 4.39 Å². The molecule has 3 rings (SSSR count). The Morgan fingerprint density at radius 1 is 1.39 bits per heavy atom. The molecule has 2 aliphatic heterocycles. The number of fused-ring (bicyclic) bond motifs is 2. The van der Waals surface area contributed by atoms with Gasteiger partial charge in [0.15, 0.2) is 12.0 Å². The molecule has 4 heteroatoms. The van der Waals surface area contributed by atoms with Gasteiger partial charge in [-0.25, -0.2) is 4.39 Å². The van der Waals surface area contributed by atoms with E-state index in [1.165, 1.54) is 0 Å². The van der Waals surface area contributed by atoms with E-state index in [0.717, 1.165) is 5.56 Å². The summed E-state index contributed by atoms with van der Waals surface area (Å²) in [5.41, 5.74) is -0.254. The number of hydrogen-bond acceptors (Lipinski definition) is 3. The normalized spacial score (nSPS) is 40.1. The second-order valence-corrected chi connectivity index (χ2v) is 5.28. The molecule has 2 aliphatic rings. The third kappa shape index (κ3) is 1.94. The lowest BCUT2D eigenvalue weighted by Crippen LogP contribution is -2.53. The Balaban J connectivity index is 1.79. The summed E-state index contributed by atoms with van der Waals surface area (Å²) < 4.78 is 20.2. The molecule has 2 heterocycles. The minimum atomic E-state index is -1.37. The fraction of sp³-hybridized carbons (Fsp3) is 0.571. The lowest BCUT2D eigenvalue weighted by Gasteiger charge is -2.37. The van der Waals surface area contributed by atoms with E-state index in [4.69, 9.17) is 9.57 Å². The minimum Gasteiger partial charge on any atom is -0.344 e. The van der Waals surface area contributed by atoms with Crippen molar-refractivity contribution < 1.29 is 14.0 Å². The van der Waals surface area contributed by atoms with E-state index >= 15 is 0 Å². The number of hydroxylamine groups is 2. The summed E-state index contributed by atoms with van der Waals surface area (Å²) in [6.07, 6.45) is -0.121. The largest absolute Gasteiger partial charge is 0.344 e. The first-order chi connectivity index (χ1) is 8.57. The maximum absolute atomic E-state index is 14.7. The molecule has 0 unspecified atom stereocenters. The SMILES string of the molecule is C[C@H]1O[C@H]2C[C@H](N(Cc3ccccc3)O2)[C@@]1(C)F. The molecule has 2 fully saturated rings. The second kappa shape index (κ2) is 4.30. The van der Waals surface area contributed by atoms with Crippen molar-refractivity contribution >= 4 is 0 Å². The van der Waals surface area contributed by atoms with Gasteiger partial charge >= 0.3 is 0 Å². The maximum atomic E-state index is 14.7. The maximum Gasteiger partial charge on any atom is 0.179 e. The molecule has 4 atom stereocenters. The van der Waals surface area contributed by atoms with Crippen LogP contribution in [0.2, 0.25) is 0 Å². The third-order valence-corrected chi connectivity index (χ3v) is 4.00. The first-order valence-electron chi connectivity index (χ1n) is 6.39. The Bertz CT molecular complexity index is 423. The van der Waals surface area contributed by atoms with Crippen LogP contribution in [-0.4, -0.2) is 29.2 Å². The molecule has 18 heavy (non-hydrogen) atoms. The first-order valence-corrected chi connectivity index (χ1v) is 6.39. The zero-order chi connectivity index (χ0) is 12.8. The quantitative estimate of drug-likeness (QED) is 0.806. The van der Waals surface area contributed by atoms with Gasteiger partial charge in [-0.2, -0.15) is 5.06 Å². The Morgan fingerprint density at radius 3 is 2.83 bits per heavy atom. The third-order valence-electron chi connectivity index (χ3n) is 4.00. The van der Waals surface area contributed by atoms with Gasteiger partial charge in [0.2, 0.25) is 0 Å². The zero-order valence-corrected chi connectivity index (χ0v) is 10.7. The second-order valence-electron chi connectivity index (χ2n) is 5.28. The summed E-state index contributed by atoms with van der Waals surface area (Å²) >= 11 is 0. The zero-order valence-electron chi connectivity index (χ0n) is 10.7. The monoisotopic (exact) mass is 251 g/mol. The highest BCUT2D eigenvalue weighted by Crippen LogP contribution is 2.41. The molecule has 2 bridgehead atoms. The van der Waals surface area contributed by atoms with Crippen molar-refractivity contribution in [3.05, 3.63) is 35.9 Å². The van der Waals surface area contributed by atoms with Crippen molar-refractivity contribution in [2.75, 3.05) is 0 Å². The van der Waals surface area contributed by atoms with Gasteiger partial charge in [0.1, 0.15) is 0 Å². The summed E-state index contributed by atoms with van der Waals surface area (Å²) in [6, 6.07) is 9.73. The molecule has 98 valence electrons. The fourth-order valence-corrected chi connectivity index (χ4v) is 2.70. The summed E-state index contributed by atoms with van der Waals surface area (Å²) in [5.74, 6) is 0. The van der Waals surface area contributed by atoms with Gasteiger partial charge in [-0.05, 0) is 19.4 Å². The van der Waals surface area contributed by atoms with Crippen molar-refractivity contribution in [1.82, 2.24) is 5.06 Å². The highest BCUT2D eigenvalue weighted by atomic mass is 19.1. The van der Waals surface area contributed by atoms with Crippen LogP contribution in [0.15, 0.2) is 30.3 Å². The fourth-order valence-electron chi connectivity index (χ4n) is 2.70. The molecular weight excluding hydrogens is 233 g/mol. The van der Waals surface area contributed by atoms with E-state index < -0.39 is 11.8 Å². The topological polar surface area (TPSA) is 21.7 Å². The van der Waals surface area contributed by atoms with Crippen LogP contribution in [0.3, 0.4) is 0 Å². The molecule has 0 radical (unpaired) electrons. The molecule has 1 aromatic rings. The van der Waals surface area contributed by atoms with Crippen LogP contribution in [0.5, 0.6) is 0 Å². The number of alkyl halides is 1. The summed E-state index contributed by atoms with van der Waals surface area (Å²) in [6.45, 7) is 3.97. The average Bonchev–Trinajstić information content (AvgIpc) is 2.69. The van der Waals surface area contributed by atoms with Gasteiger partial charge in [0, 0.05) is 13.0 Å². The first kappa shape index (κ1) is 12.1.